The standard InChI is InChI=1S/C28H28Si/c1-29(2,27-23-15-7-3-11-19(23)20-12-4-8-16-24(20)27)28-25-17-9-5-13-21(25)22-14-6-10-18-26(22)28/h3-18,23-28H,1-2H3. The van der Waals surface area contributed by atoms with E-state index >= 15 is 0 Å². The number of hydrogen-bond donors (Lipinski definition) is 0. The van der Waals surface area contributed by atoms with Crippen LogP contribution in [0.15, 0.2) is 120 Å². The molecule has 0 nitrogen and oxygen atoms in total. The summed E-state index contributed by atoms with van der Waals surface area (Å²) in [6.45, 7) is 5.39. The highest BCUT2D eigenvalue weighted by atomic mass is 28.3. The zero-order valence-corrected chi connectivity index (χ0v) is 18.2. The van der Waals surface area contributed by atoms with E-state index in [9.17, 15) is 0 Å². The molecule has 0 aromatic rings. The van der Waals surface area contributed by atoms with Crippen LogP contribution >= 0.6 is 0 Å². The molecule has 6 aliphatic rings. The first-order valence-corrected chi connectivity index (χ1v) is 14.2. The number of rotatable bonds is 2. The van der Waals surface area contributed by atoms with Gasteiger partial charge in [0.2, 0.25) is 0 Å². The van der Waals surface area contributed by atoms with E-state index in [1.54, 1.807) is 22.3 Å². The predicted molar refractivity (Wildman–Crippen MR) is 126 cm³/mol. The van der Waals surface area contributed by atoms with Gasteiger partial charge in [-0.2, -0.15) is 0 Å². The molecule has 4 unspecified atom stereocenters. The molecule has 0 heterocycles. The second kappa shape index (κ2) is 6.31. The maximum Gasteiger partial charge on any atom is 0.0574 e. The van der Waals surface area contributed by atoms with Crippen LogP contribution in [0.1, 0.15) is 0 Å². The first-order chi connectivity index (χ1) is 14.2. The normalized spacial score (nSPS) is 38.0. The van der Waals surface area contributed by atoms with E-state index in [2.05, 4.69) is 110 Å². The molecule has 0 aliphatic heterocycles. The SMILES string of the molecule is C[Si](C)(C1C2C=CC=CC2=C2C=CC=CC21)C1C2C=CC=CC2=C2C=CC=CC21. The number of hydrogen-bond acceptors (Lipinski definition) is 0. The van der Waals surface area contributed by atoms with Crippen molar-refractivity contribution in [2.45, 2.75) is 24.2 Å². The average Bonchev–Trinajstić information content (AvgIpc) is 3.28. The molecular formula is C28H28Si. The van der Waals surface area contributed by atoms with Crippen molar-refractivity contribution in [2.75, 3.05) is 0 Å². The lowest BCUT2D eigenvalue weighted by Gasteiger charge is -2.46. The minimum absolute atomic E-state index is 0.577. The van der Waals surface area contributed by atoms with E-state index in [4.69, 9.17) is 0 Å². The lowest BCUT2D eigenvalue weighted by atomic mass is 9.93. The molecule has 0 bridgehead atoms. The van der Waals surface area contributed by atoms with Crippen LogP contribution in [0.25, 0.3) is 0 Å². The van der Waals surface area contributed by atoms with Crippen LogP contribution in [-0.4, -0.2) is 8.07 Å². The monoisotopic (exact) mass is 392 g/mol. The third-order valence-electron chi connectivity index (χ3n) is 8.19. The lowest BCUT2D eigenvalue weighted by molar-refractivity contribution is 0.561. The van der Waals surface area contributed by atoms with Gasteiger partial charge in [-0.05, 0) is 33.4 Å². The van der Waals surface area contributed by atoms with Crippen molar-refractivity contribution in [1.29, 1.82) is 0 Å². The summed E-state index contributed by atoms with van der Waals surface area (Å²) in [5.74, 6) is 2.31. The third-order valence-corrected chi connectivity index (χ3v) is 13.1. The zero-order valence-electron chi connectivity index (χ0n) is 17.2. The van der Waals surface area contributed by atoms with Gasteiger partial charge in [-0.15, -0.1) is 0 Å². The van der Waals surface area contributed by atoms with Crippen molar-refractivity contribution in [3.8, 4) is 0 Å². The van der Waals surface area contributed by atoms with Gasteiger partial charge in [0.05, 0.1) is 8.07 Å². The van der Waals surface area contributed by atoms with Crippen LogP contribution in [-0.2, 0) is 0 Å². The van der Waals surface area contributed by atoms with E-state index in [1.165, 1.54) is 0 Å². The van der Waals surface area contributed by atoms with E-state index in [1.807, 2.05) is 0 Å². The molecule has 0 saturated carbocycles. The van der Waals surface area contributed by atoms with Crippen molar-refractivity contribution in [1.82, 2.24) is 0 Å². The molecule has 29 heavy (non-hydrogen) atoms. The maximum absolute atomic E-state index is 2.69. The second-order valence-electron chi connectivity index (χ2n) is 9.77. The minimum Gasteiger partial charge on any atom is -0.0770 e. The number of fused-ring (bicyclic) bond motifs is 4. The summed E-state index contributed by atoms with van der Waals surface area (Å²) in [6, 6.07) is 0. The lowest BCUT2D eigenvalue weighted by Crippen LogP contribution is -2.46. The molecule has 1 heteroatoms. The van der Waals surface area contributed by atoms with Crippen LogP contribution in [0.5, 0.6) is 0 Å². The van der Waals surface area contributed by atoms with Gasteiger partial charge in [0.1, 0.15) is 0 Å². The molecule has 0 aromatic carbocycles. The molecule has 0 aromatic heterocycles. The first-order valence-electron chi connectivity index (χ1n) is 11.1. The average molecular weight is 393 g/mol. The Morgan fingerprint density at radius 1 is 0.448 bits per heavy atom. The summed E-state index contributed by atoms with van der Waals surface area (Å²) in [5, 5.41) is 0. The van der Waals surface area contributed by atoms with E-state index in [0.29, 0.717) is 23.7 Å². The van der Waals surface area contributed by atoms with Crippen LogP contribution in [0.4, 0.5) is 0 Å². The van der Waals surface area contributed by atoms with Gasteiger partial charge in [-0.1, -0.05) is 110 Å². The van der Waals surface area contributed by atoms with Crippen molar-refractivity contribution < 1.29 is 0 Å². The van der Waals surface area contributed by atoms with Gasteiger partial charge in [0.25, 0.3) is 0 Å². The fourth-order valence-electron chi connectivity index (χ4n) is 7.16. The Balaban J connectivity index is 1.46. The topological polar surface area (TPSA) is 0 Å². The maximum atomic E-state index is 2.69. The minimum atomic E-state index is -1.69. The highest BCUT2D eigenvalue weighted by molar-refractivity contribution is 6.81. The second-order valence-corrected chi connectivity index (χ2v) is 14.7. The van der Waals surface area contributed by atoms with Crippen molar-refractivity contribution in [3.05, 3.63) is 120 Å². The van der Waals surface area contributed by atoms with Crippen molar-refractivity contribution in [2.24, 2.45) is 23.7 Å². The van der Waals surface area contributed by atoms with Crippen molar-refractivity contribution >= 4 is 8.07 Å². The molecular weight excluding hydrogens is 364 g/mol. The van der Waals surface area contributed by atoms with Crippen LogP contribution < -0.4 is 0 Å². The van der Waals surface area contributed by atoms with E-state index in [-0.39, 0.29) is 0 Å². The van der Waals surface area contributed by atoms with Gasteiger partial charge < -0.3 is 0 Å². The molecule has 0 amide bonds. The van der Waals surface area contributed by atoms with Gasteiger partial charge in [0, 0.05) is 23.7 Å². The molecule has 0 radical (unpaired) electrons. The Hall–Kier alpha value is -2.38. The molecule has 0 N–H and O–H groups in total. The van der Waals surface area contributed by atoms with E-state index in [0.717, 1.165) is 11.1 Å². The molecule has 0 saturated heterocycles. The van der Waals surface area contributed by atoms with Gasteiger partial charge in [0.15, 0.2) is 0 Å². The Kier molecular flexibility index (Phi) is 3.80. The summed E-state index contributed by atoms with van der Waals surface area (Å²) < 4.78 is 0. The molecule has 6 aliphatic carbocycles. The Bertz CT molecular complexity index is 900. The van der Waals surface area contributed by atoms with Crippen LogP contribution in [0.2, 0.25) is 24.2 Å². The van der Waals surface area contributed by atoms with Crippen LogP contribution in [0.3, 0.4) is 0 Å². The van der Waals surface area contributed by atoms with E-state index < -0.39 is 8.07 Å². The molecule has 0 spiro atoms. The Morgan fingerprint density at radius 2 is 0.724 bits per heavy atom. The molecule has 0 fully saturated rings. The smallest absolute Gasteiger partial charge is 0.0574 e. The summed E-state index contributed by atoms with van der Waals surface area (Å²) >= 11 is 0. The summed E-state index contributed by atoms with van der Waals surface area (Å²) in [5.41, 5.74) is 7.75. The molecule has 144 valence electrons. The molecule has 4 atom stereocenters. The quantitative estimate of drug-likeness (QED) is 0.443. The fraction of sp³-hybridized carbons (Fsp3) is 0.286. The fourth-order valence-corrected chi connectivity index (χ4v) is 12.5. The van der Waals surface area contributed by atoms with Gasteiger partial charge in [-0.25, -0.2) is 0 Å². The highest BCUT2D eigenvalue weighted by Gasteiger charge is 2.56. The third kappa shape index (κ3) is 2.37. The number of allylic oxidation sites excluding steroid dienone is 20. The van der Waals surface area contributed by atoms with Gasteiger partial charge in [-0.3, -0.25) is 0 Å². The summed E-state index contributed by atoms with van der Waals surface area (Å²) in [7, 11) is -1.69. The summed E-state index contributed by atoms with van der Waals surface area (Å²) in [4.78, 5) is 0. The highest BCUT2D eigenvalue weighted by Crippen LogP contribution is 2.63. The first kappa shape index (κ1) is 17.5. The zero-order chi connectivity index (χ0) is 19.6. The van der Waals surface area contributed by atoms with Crippen LogP contribution in [0, 0.1) is 23.7 Å². The summed E-state index contributed by atoms with van der Waals surface area (Å²) in [6.07, 6.45) is 37.6. The largest absolute Gasteiger partial charge is 0.0770 e. The Labute approximate surface area is 175 Å². The Morgan fingerprint density at radius 3 is 1.00 bits per heavy atom. The van der Waals surface area contributed by atoms with Gasteiger partial charge >= 0.3 is 0 Å². The predicted octanol–water partition coefficient (Wildman–Crippen LogP) is 7.02. The van der Waals surface area contributed by atoms with Crippen molar-refractivity contribution in [3.63, 3.8) is 0 Å². The molecule has 6 rings (SSSR count).